The van der Waals surface area contributed by atoms with Crippen LogP contribution in [0.15, 0.2) is 4.99 Å². The Hall–Kier alpha value is -2.11. The monoisotopic (exact) mass is 347 g/mol. The van der Waals surface area contributed by atoms with Crippen LogP contribution in [0.4, 0.5) is 0 Å². The molecule has 0 unspecified atom stereocenters. The Morgan fingerprint density at radius 3 is 0.923 bits per heavy atom. The summed E-state index contributed by atoms with van der Waals surface area (Å²) in [4.78, 5) is 4.33. The SMILES string of the molecule is CN=C=C(c1c(C)c(C)c(C)c(C)c1C)c1c(C)c(C)c(C)c(C)c1C. The van der Waals surface area contributed by atoms with E-state index in [1.54, 1.807) is 0 Å². The molecule has 0 saturated carbocycles. The summed E-state index contributed by atoms with van der Waals surface area (Å²) in [6.07, 6.45) is 0. The van der Waals surface area contributed by atoms with Crippen molar-refractivity contribution in [2.75, 3.05) is 7.05 Å². The van der Waals surface area contributed by atoms with Crippen LogP contribution in [0, 0.1) is 69.2 Å². The van der Waals surface area contributed by atoms with Gasteiger partial charge in [0.2, 0.25) is 0 Å². The quantitative estimate of drug-likeness (QED) is 0.550. The molecule has 0 aliphatic carbocycles. The van der Waals surface area contributed by atoms with Crippen LogP contribution in [-0.2, 0) is 0 Å². The summed E-state index contributed by atoms with van der Waals surface area (Å²) in [6, 6.07) is 0. The maximum atomic E-state index is 4.33. The lowest BCUT2D eigenvalue weighted by Crippen LogP contribution is -2.08. The highest BCUT2D eigenvalue weighted by atomic mass is 14.6. The van der Waals surface area contributed by atoms with Crippen LogP contribution in [0.25, 0.3) is 5.57 Å². The first-order valence-corrected chi connectivity index (χ1v) is 9.42. The molecule has 0 radical (unpaired) electrons. The minimum atomic E-state index is 1.13. The maximum Gasteiger partial charge on any atom is 0.0511 e. The number of benzene rings is 2. The zero-order valence-electron chi connectivity index (χ0n) is 18.4. The number of hydrogen-bond donors (Lipinski definition) is 0. The highest BCUT2D eigenvalue weighted by Crippen LogP contribution is 2.38. The van der Waals surface area contributed by atoms with Crippen LogP contribution < -0.4 is 0 Å². The summed E-state index contributed by atoms with van der Waals surface area (Å²) in [5, 5.41) is 0. The Kier molecular flexibility index (Phi) is 5.64. The molecule has 0 amide bonds. The Morgan fingerprint density at radius 1 is 0.462 bits per heavy atom. The summed E-state index contributed by atoms with van der Waals surface area (Å²) < 4.78 is 0. The van der Waals surface area contributed by atoms with E-state index < -0.39 is 0 Å². The van der Waals surface area contributed by atoms with Crippen LogP contribution in [0.2, 0.25) is 0 Å². The van der Waals surface area contributed by atoms with Crippen molar-refractivity contribution in [1.29, 1.82) is 0 Å². The molecule has 0 aliphatic rings. The molecule has 0 atom stereocenters. The van der Waals surface area contributed by atoms with E-state index in [0.29, 0.717) is 0 Å². The number of nitrogens with zero attached hydrogens (tertiary/aromatic N) is 1. The highest BCUT2D eigenvalue weighted by Gasteiger charge is 2.22. The van der Waals surface area contributed by atoms with Crippen molar-refractivity contribution in [3.8, 4) is 0 Å². The van der Waals surface area contributed by atoms with E-state index >= 15 is 0 Å². The fourth-order valence-electron chi connectivity index (χ4n) is 4.10. The van der Waals surface area contributed by atoms with E-state index in [4.69, 9.17) is 0 Å². The second-order valence-corrected chi connectivity index (χ2v) is 7.71. The molecular formula is C25H33N. The van der Waals surface area contributed by atoms with Crippen molar-refractivity contribution in [2.45, 2.75) is 69.2 Å². The van der Waals surface area contributed by atoms with Gasteiger partial charge in [-0.2, -0.15) is 0 Å². The van der Waals surface area contributed by atoms with Crippen LogP contribution >= 0.6 is 0 Å². The molecule has 1 nitrogen and oxygen atoms in total. The van der Waals surface area contributed by atoms with Gasteiger partial charge in [0.05, 0.1) is 5.57 Å². The molecular weight excluding hydrogens is 314 g/mol. The molecule has 2 rings (SSSR count). The normalized spacial score (nSPS) is 10.7. The van der Waals surface area contributed by atoms with Gasteiger partial charge in [-0.3, -0.25) is 0 Å². The number of aliphatic imine (C=N–C) groups is 1. The van der Waals surface area contributed by atoms with Gasteiger partial charge in [-0.05, 0) is 142 Å². The summed E-state index contributed by atoms with van der Waals surface area (Å²) in [6.45, 7) is 22.3. The molecule has 0 aliphatic heterocycles. The molecule has 1 heteroatoms. The average molecular weight is 348 g/mol. The summed E-state index contributed by atoms with van der Waals surface area (Å²) >= 11 is 0. The van der Waals surface area contributed by atoms with Crippen LogP contribution in [0.1, 0.15) is 66.8 Å². The summed E-state index contributed by atoms with van der Waals surface area (Å²) in [5.74, 6) is 3.37. The summed E-state index contributed by atoms with van der Waals surface area (Å²) in [7, 11) is 1.82. The van der Waals surface area contributed by atoms with Gasteiger partial charge >= 0.3 is 0 Å². The van der Waals surface area contributed by atoms with Crippen LogP contribution in [-0.4, -0.2) is 12.9 Å². The van der Waals surface area contributed by atoms with Gasteiger partial charge in [0.15, 0.2) is 0 Å². The van der Waals surface area contributed by atoms with E-state index in [1.165, 1.54) is 66.8 Å². The van der Waals surface area contributed by atoms with Gasteiger partial charge in [0.25, 0.3) is 0 Å². The van der Waals surface area contributed by atoms with Crippen molar-refractivity contribution in [2.24, 2.45) is 4.99 Å². The van der Waals surface area contributed by atoms with Crippen molar-refractivity contribution in [3.05, 3.63) is 66.8 Å². The minimum absolute atomic E-state index is 1.13. The third kappa shape index (κ3) is 2.95. The lowest BCUT2D eigenvalue weighted by atomic mass is 9.80. The largest absolute Gasteiger partial charge is 0.246 e. The van der Waals surface area contributed by atoms with Gasteiger partial charge in [0, 0.05) is 7.05 Å². The Labute approximate surface area is 159 Å². The molecule has 0 spiro atoms. The smallest absolute Gasteiger partial charge is 0.0511 e. The first-order chi connectivity index (χ1) is 12.1. The third-order valence-corrected chi connectivity index (χ3v) is 6.72. The second kappa shape index (κ2) is 7.25. The molecule has 0 aromatic heterocycles. The molecule has 0 heterocycles. The van der Waals surface area contributed by atoms with E-state index in [1.807, 2.05) is 7.05 Å². The zero-order valence-corrected chi connectivity index (χ0v) is 18.4. The second-order valence-electron chi connectivity index (χ2n) is 7.71. The molecule has 0 N–H and O–H groups in total. The number of hydrogen-bond acceptors (Lipinski definition) is 1. The first-order valence-electron chi connectivity index (χ1n) is 9.42. The molecule has 0 saturated heterocycles. The summed E-state index contributed by atoms with van der Waals surface area (Å²) in [5.41, 5.74) is 17.3. The van der Waals surface area contributed by atoms with Crippen molar-refractivity contribution >= 4 is 11.4 Å². The van der Waals surface area contributed by atoms with Crippen molar-refractivity contribution < 1.29 is 0 Å². The van der Waals surface area contributed by atoms with Crippen molar-refractivity contribution in [1.82, 2.24) is 0 Å². The molecule has 0 bridgehead atoms. The van der Waals surface area contributed by atoms with Gasteiger partial charge in [-0.15, -0.1) is 0 Å². The predicted molar refractivity (Wildman–Crippen MR) is 116 cm³/mol. The van der Waals surface area contributed by atoms with E-state index in [2.05, 4.69) is 80.1 Å². The molecule has 2 aromatic rings. The topological polar surface area (TPSA) is 12.4 Å². The first kappa shape index (κ1) is 20.2. The maximum absolute atomic E-state index is 4.33. The fourth-order valence-corrected chi connectivity index (χ4v) is 4.10. The van der Waals surface area contributed by atoms with Crippen LogP contribution in [0.5, 0.6) is 0 Å². The van der Waals surface area contributed by atoms with Gasteiger partial charge in [-0.25, -0.2) is 4.99 Å². The van der Waals surface area contributed by atoms with E-state index in [9.17, 15) is 0 Å². The number of rotatable bonds is 2. The van der Waals surface area contributed by atoms with Gasteiger partial charge < -0.3 is 0 Å². The Balaban J connectivity index is 3.05. The molecule has 0 fully saturated rings. The Morgan fingerprint density at radius 2 is 0.692 bits per heavy atom. The fraction of sp³-hybridized carbons (Fsp3) is 0.440. The third-order valence-electron chi connectivity index (χ3n) is 6.72. The minimum Gasteiger partial charge on any atom is -0.246 e. The highest BCUT2D eigenvalue weighted by molar-refractivity contribution is 6.02. The van der Waals surface area contributed by atoms with Crippen molar-refractivity contribution in [3.63, 3.8) is 0 Å². The average Bonchev–Trinajstić information content (AvgIpc) is 2.61. The van der Waals surface area contributed by atoms with Crippen LogP contribution in [0.3, 0.4) is 0 Å². The standard InChI is InChI=1S/C25H33N/c1-13-15(3)19(7)24(20(8)16(13)4)23(12-26-11)25-21(9)17(5)14(2)18(6)22(25)10/h1-11H3. The van der Waals surface area contributed by atoms with E-state index in [-0.39, 0.29) is 0 Å². The predicted octanol–water partition coefficient (Wildman–Crippen LogP) is 6.50. The lowest BCUT2D eigenvalue weighted by molar-refractivity contribution is 1.14. The lowest BCUT2D eigenvalue weighted by Gasteiger charge is -2.24. The molecule has 138 valence electrons. The zero-order chi connectivity index (χ0) is 19.9. The van der Waals surface area contributed by atoms with E-state index in [0.717, 1.165) is 5.57 Å². The molecule has 2 aromatic carbocycles. The van der Waals surface area contributed by atoms with Gasteiger partial charge in [0.1, 0.15) is 0 Å². The Bertz CT molecular complexity index is 835. The molecule has 26 heavy (non-hydrogen) atoms. The van der Waals surface area contributed by atoms with Gasteiger partial charge in [-0.1, -0.05) is 0 Å².